The molecule has 0 aromatic heterocycles. The highest BCUT2D eigenvalue weighted by atomic mass is 32.2. The van der Waals surface area contributed by atoms with Gasteiger partial charge in [0.05, 0.1) is 6.54 Å². The van der Waals surface area contributed by atoms with Crippen LogP contribution in [0.3, 0.4) is 0 Å². The lowest BCUT2D eigenvalue weighted by atomic mass is 10.1. The molecule has 1 aliphatic carbocycles. The summed E-state index contributed by atoms with van der Waals surface area (Å²) in [5.74, 6) is 0.330. The van der Waals surface area contributed by atoms with Gasteiger partial charge in [0.2, 0.25) is 0 Å². The number of benzene rings is 1. The number of nitrogens with zero attached hydrogens (tertiary/aromatic N) is 1. The number of hydrogen-bond donors (Lipinski definition) is 1. The summed E-state index contributed by atoms with van der Waals surface area (Å²) in [4.78, 5) is 5.10. The highest BCUT2D eigenvalue weighted by Gasteiger charge is 2.42. The van der Waals surface area contributed by atoms with Crippen LogP contribution >= 0.6 is 11.8 Å². The topological polar surface area (TPSA) is 24.4 Å². The Morgan fingerprint density at radius 1 is 1.18 bits per heavy atom. The van der Waals surface area contributed by atoms with E-state index in [4.69, 9.17) is 0 Å². The largest absolute Gasteiger partial charge is 0.410 e. The zero-order valence-electron chi connectivity index (χ0n) is 11.9. The Bertz CT molecular complexity index is 578. The van der Waals surface area contributed by atoms with E-state index < -0.39 is 12.2 Å². The number of aliphatic imine (C=N–C) groups is 1. The fourth-order valence-corrected chi connectivity index (χ4v) is 3.66. The van der Waals surface area contributed by atoms with E-state index in [0.29, 0.717) is 16.6 Å². The van der Waals surface area contributed by atoms with E-state index in [2.05, 4.69) is 22.5 Å². The first kappa shape index (κ1) is 15.5. The summed E-state index contributed by atoms with van der Waals surface area (Å²) in [5.41, 5.74) is 0.704. The molecule has 0 radical (unpaired) electrons. The summed E-state index contributed by atoms with van der Waals surface area (Å²) in [5, 5.41) is 2.95. The minimum atomic E-state index is -4.26. The average Bonchev–Trinajstić information content (AvgIpc) is 2.99. The van der Waals surface area contributed by atoms with E-state index in [1.54, 1.807) is 11.8 Å². The van der Waals surface area contributed by atoms with Gasteiger partial charge >= 0.3 is 6.18 Å². The van der Waals surface area contributed by atoms with Crippen LogP contribution in [0.5, 0.6) is 0 Å². The third-order valence-electron chi connectivity index (χ3n) is 3.76. The summed E-state index contributed by atoms with van der Waals surface area (Å²) in [6.07, 6.45) is 3.73. The van der Waals surface area contributed by atoms with Gasteiger partial charge in [0.25, 0.3) is 0 Å². The third kappa shape index (κ3) is 3.66. The highest BCUT2D eigenvalue weighted by Crippen LogP contribution is 2.30. The van der Waals surface area contributed by atoms with Crippen LogP contribution in [-0.4, -0.2) is 29.8 Å². The second-order valence-corrected chi connectivity index (χ2v) is 6.78. The van der Waals surface area contributed by atoms with Gasteiger partial charge in [-0.25, -0.2) is 0 Å². The molecule has 1 aliphatic heterocycles. The maximum absolute atomic E-state index is 12.6. The Labute approximate surface area is 131 Å². The van der Waals surface area contributed by atoms with Crippen molar-refractivity contribution in [3.8, 4) is 0 Å². The molecule has 22 heavy (non-hydrogen) atoms. The molecule has 1 aromatic rings. The van der Waals surface area contributed by atoms with E-state index >= 15 is 0 Å². The predicted octanol–water partition coefficient (Wildman–Crippen LogP) is 4.17. The molecule has 2 unspecified atom stereocenters. The van der Waals surface area contributed by atoms with Crippen LogP contribution in [0.15, 0.2) is 46.3 Å². The first-order valence-electron chi connectivity index (χ1n) is 7.34. The normalized spacial score (nSPS) is 25.0. The molecule has 1 heterocycles. The molecule has 0 spiro atoms. The number of rotatable bonds is 3. The first-order chi connectivity index (χ1) is 10.5. The van der Waals surface area contributed by atoms with Crippen molar-refractivity contribution in [2.24, 2.45) is 4.99 Å². The molecule has 1 aromatic carbocycles. The molecule has 2 nitrogen and oxygen atoms in total. The molecule has 0 saturated carbocycles. The van der Waals surface area contributed by atoms with Crippen molar-refractivity contribution < 1.29 is 13.2 Å². The smallest absolute Gasteiger partial charge is 0.357 e. The van der Waals surface area contributed by atoms with E-state index in [0.717, 1.165) is 11.3 Å². The van der Waals surface area contributed by atoms with E-state index in [1.807, 2.05) is 24.3 Å². The van der Waals surface area contributed by atoms with E-state index in [-0.39, 0.29) is 6.54 Å². The molecule has 1 N–H and O–H groups in total. The lowest BCUT2D eigenvalue weighted by molar-refractivity contribution is -0.147. The van der Waals surface area contributed by atoms with Gasteiger partial charge in [0.15, 0.2) is 0 Å². The minimum absolute atomic E-state index is 0.248. The van der Waals surface area contributed by atoms with Gasteiger partial charge in [-0.15, -0.1) is 11.8 Å². The van der Waals surface area contributed by atoms with Gasteiger partial charge in [-0.1, -0.05) is 24.3 Å². The molecule has 3 rings (SSSR count). The van der Waals surface area contributed by atoms with Crippen LogP contribution in [0.25, 0.3) is 0 Å². The molecule has 0 amide bonds. The molecule has 0 bridgehead atoms. The lowest BCUT2D eigenvalue weighted by Gasteiger charge is -2.16. The van der Waals surface area contributed by atoms with Crippen molar-refractivity contribution in [1.29, 1.82) is 0 Å². The minimum Gasteiger partial charge on any atom is -0.357 e. The second kappa shape index (κ2) is 6.36. The van der Waals surface area contributed by atoms with Crippen molar-refractivity contribution in [1.82, 2.24) is 5.32 Å². The van der Waals surface area contributed by atoms with Crippen molar-refractivity contribution in [2.45, 2.75) is 41.6 Å². The van der Waals surface area contributed by atoms with Crippen molar-refractivity contribution >= 4 is 17.6 Å². The van der Waals surface area contributed by atoms with Gasteiger partial charge in [-0.2, -0.15) is 13.2 Å². The molecule has 0 saturated heterocycles. The molecular formula is C16H17F3N2S. The lowest BCUT2D eigenvalue weighted by Crippen LogP contribution is -2.42. The maximum Gasteiger partial charge on any atom is 0.410 e. The van der Waals surface area contributed by atoms with Gasteiger partial charge in [0.1, 0.15) is 11.9 Å². The molecule has 6 heteroatoms. The Morgan fingerprint density at radius 2 is 1.95 bits per heavy atom. The van der Waals surface area contributed by atoms with Crippen LogP contribution in [-0.2, 0) is 0 Å². The summed E-state index contributed by atoms with van der Waals surface area (Å²) >= 11 is 1.79. The van der Waals surface area contributed by atoms with Crippen molar-refractivity contribution in [2.75, 3.05) is 6.54 Å². The number of allylic oxidation sites excluding steroid dienone is 1. The van der Waals surface area contributed by atoms with E-state index in [1.165, 1.54) is 12.8 Å². The second-order valence-electron chi connectivity index (χ2n) is 5.47. The van der Waals surface area contributed by atoms with Crippen LogP contribution in [0.1, 0.15) is 24.8 Å². The van der Waals surface area contributed by atoms with Crippen molar-refractivity contribution in [3.63, 3.8) is 0 Å². The maximum atomic E-state index is 12.6. The van der Waals surface area contributed by atoms with Crippen LogP contribution in [0, 0.1) is 0 Å². The Kier molecular flexibility index (Phi) is 4.47. The number of amidine groups is 1. The zero-order chi connectivity index (χ0) is 15.6. The Morgan fingerprint density at radius 3 is 2.55 bits per heavy atom. The number of halogens is 3. The number of nitrogens with one attached hydrogen (secondary N) is 1. The number of alkyl halides is 3. The Balaban J connectivity index is 1.62. The highest BCUT2D eigenvalue weighted by molar-refractivity contribution is 8.00. The molecular weight excluding hydrogens is 309 g/mol. The monoisotopic (exact) mass is 326 g/mol. The average molecular weight is 326 g/mol. The van der Waals surface area contributed by atoms with Gasteiger partial charge in [-0.05, 0) is 31.4 Å². The summed E-state index contributed by atoms with van der Waals surface area (Å²) in [7, 11) is 0. The fraction of sp³-hybridized carbons (Fsp3) is 0.438. The SMILES string of the molecule is FC(F)(F)C1CN=C(c2ccc(SC3C=CCCC3)cc2)N1. The first-order valence-corrected chi connectivity index (χ1v) is 8.22. The summed E-state index contributed by atoms with van der Waals surface area (Å²) in [6, 6.07) is 6.00. The van der Waals surface area contributed by atoms with Crippen molar-refractivity contribution in [3.05, 3.63) is 42.0 Å². The van der Waals surface area contributed by atoms with Gasteiger partial charge in [0, 0.05) is 15.7 Å². The number of hydrogen-bond acceptors (Lipinski definition) is 3. The molecule has 2 aliphatic rings. The van der Waals surface area contributed by atoms with Crippen LogP contribution < -0.4 is 5.32 Å². The Hall–Kier alpha value is -1.43. The fourth-order valence-electron chi connectivity index (χ4n) is 2.54. The number of thioether (sulfide) groups is 1. The van der Waals surface area contributed by atoms with Gasteiger partial charge in [-0.3, -0.25) is 4.99 Å². The standard InChI is InChI=1S/C16H17F3N2S/c17-16(18,19)14-10-20-15(21-14)11-6-8-13(9-7-11)22-12-4-2-1-3-5-12/h2,4,6-9,12,14H,1,3,5,10H2,(H,20,21). The summed E-state index contributed by atoms with van der Waals surface area (Å²) in [6.45, 7) is -0.248. The zero-order valence-corrected chi connectivity index (χ0v) is 12.8. The van der Waals surface area contributed by atoms with Gasteiger partial charge < -0.3 is 5.32 Å². The van der Waals surface area contributed by atoms with Crippen LogP contribution in [0.4, 0.5) is 13.2 Å². The predicted molar refractivity (Wildman–Crippen MR) is 83.5 cm³/mol. The van der Waals surface area contributed by atoms with Crippen LogP contribution in [0.2, 0.25) is 0 Å². The van der Waals surface area contributed by atoms with E-state index in [9.17, 15) is 13.2 Å². The quantitative estimate of drug-likeness (QED) is 0.843. The molecule has 118 valence electrons. The molecule has 0 fully saturated rings. The molecule has 2 atom stereocenters. The summed E-state index contributed by atoms with van der Waals surface area (Å²) < 4.78 is 37.9. The third-order valence-corrected chi connectivity index (χ3v) is 5.00.